The molecule has 0 bridgehead atoms. The molecule has 138 valence electrons. The highest BCUT2D eigenvalue weighted by molar-refractivity contribution is 5.97. The zero-order chi connectivity index (χ0) is 19.0. The monoisotopic (exact) mass is 368 g/mol. The van der Waals surface area contributed by atoms with Crippen LogP contribution in [0.5, 0.6) is 0 Å². The van der Waals surface area contributed by atoms with Crippen LogP contribution in [0.4, 0.5) is 4.39 Å². The Balaban J connectivity index is 1.51. The lowest BCUT2D eigenvalue weighted by atomic mass is 9.99. The Hall–Kier alpha value is -3.29. The number of aromatic carboxylic acids is 1. The molecule has 2 aromatic heterocycles. The number of carbonyl (C=O) groups excluding carboxylic acids is 1. The molecule has 27 heavy (non-hydrogen) atoms. The Labute approximate surface area is 154 Å². The molecule has 0 saturated carbocycles. The summed E-state index contributed by atoms with van der Waals surface area (Å²) in [7, 11) is 0. The lowest BCUT2D eigenvalue weighted by molar-refractivity contribution is 0.0697. The fraction of sp³-hybridized carbons (Fsp3) is 0.263. The molecule has 1 unspecified atom stereocenters. The first-order valence-corrected chi connectivity index (χ1v) is 8.62. The van der Waals surface area contributed by atoms with Crippen molar-refractivity contribution in [1.29, 1.82) is 0 Å². The van der Waals surface area contributed by atoms with Gasteiger partial charge in [-0.1, -0.05) is 12.1 Å². The number of benzene rings is 1. The first-order chi connectivity index (χ1) is 13.0. The summed E-state index contributed by atoms with van der Waals surface area (Å²) in [5.41, 5.74) is 1.44. The number of likely N-dealkylation sites (tertiary alicyclic amines) is 1. The molecule has 1 aromatic carbocycles. The minimum atomic E-state index is -1.14. The number of hydrogen-bond acceptors (Lipinski definition) is 4. The number of rotatable bonds is 4. The van der Waals surface area contributed by atoms with Crippen molar-refractivity contribution in [2.24, 2.45) is 5.92 Å². The summed E-state index contributed by atoms with van der Waals surface area (Å²) in [4.78, 5) is 29.9. The van der Waals surface area contributed by atoms with Crippen molar-refractivity contribution in [3.63, 3.8) is 0 Å². The van der Waals surface area contributed by atoms with Crippen LogP contribution in [0.25, 0.3) is 5.65 Å². The van der Waals surface area contributed by atoms with Crippen LogP contribution in [0, 0.1) is 11.7 Å². The predicted molar refractivity (Wildman–Crippen MR) is 94.1 cm³/mol. The Kier molecular flexibility index (Phi) is 4.31. The molecular weight excluding hydrogens is 351 g/mol. The number of amides is 1. The molecular formula is C19H17FN4O3. The summed E-state index contributed by atoms with van der Waals surface area (Å²) in [6, 6.07) is 7.96. The molecule has 3 heterocycles. The van der Waals surface area contributed by atoms with Gasteiger partial charge in [0, 0.05) is 19.3 Å². The van der Waals surface area contributed by atoms with Crippen molar-refractivity contribution in [2.45, 2.75) is 12.8 Å². The van der Waals surface area contributed by atoms with Gasteiger partial charge in [-0.05, 0) is 42.5 Å². The Bertz CT molecular complexity index is 1020. The molecule has 1 N–H and O–H groups in total. The minimum absolute atomic E-state index is 0.0414. The minimum Gasteiger partial charge on any atom is -0.477 e. The first kappa shape index (κ1) is 17.1. The van der Waals surface area contributed by atoms with Crippen LogP contribution in [-0.2, 0) is 6.42 Å². The van der Waals surface area contributed by atoms with E-state index in [9.17, 15) is 19.1 Å². The number of hydrogen-bond donors (Lipinski definition) is 1. The summed E-state index contributed by atoms with van der Waals surface area (Å²) < 4.78 is 14.3. The van der Waals surface area contributed by atoms with E-state index in [0.717, 1.165) is 18.4 Å². The molecule has 3 aromatic rings. The molecule has 4 rings (SSSR count). The molecule has 1 amide bonds. The standard InChI is InChI=1S/C19H17FN4O3/c20-14-3-1-12(2-4-14)9-13-6-8-23(11-13)18(25)16-5-7-21-17-15(19(26)27)10-22-24(16)17/h1-5,7,10,13H,6,8-9,11H2,(H,26,27). The molecule has 7 nitrogen and oxygen atoms in total. The van der Waals surface area contributed by atoms with E-state index in [-0.39, 0.29) is 28.6 Å². The summed E-state index contributed by atoms with van der Waals surface area (Å²) in [5, 5.41) is 13.2. The smallest absolute Gasteiger partial charge is 0.341 e. The lowest BCUT2D eigenvalue weighted by Crippen LogP contribution is -2.30. The quantitative estimate of drug-likeness (QED) is 0.763. The largest absolute Gasteiger partial charge is 0.477 e. The van der Waals surface area contributed by atoms with E-state index < -0.39 is 5.97 Å². The lowest BCUT2D eigenvalue weighted by Gasteiger charge is -2.17. The summed E-state index contributed by atoms with van der Waals surface area (Å²) in [6.45, 7) is 1.20. The molecule has 1 saturated heterocycles. The van der Waals surface area contributed by atoms with Crippen LogP contribution in [0.3, 0.4) is 0 Å². The molecule has 1 aliphatic rings. The second kappa shape index (κ2) is 6.79. The van der Waals surface area contributed by atoms with Gasteiger partial charge >= 0.3 is 5.97 Å². The van der Waals surface area contributed by atoms with Gasteiger partial charge in [-0.15, -0.1) is 0 Å². The van der Waals surface area contributed by atoms with E-state index in [1.54, 1.807) is 23.1 Å². The third kappa shape index (κ3) is 3.25. The van der Waals surface area contributed by atoms with Crippen LogP contribution in [0.15, 0.2) is 42.7 Å². The predicted octanol–water partition coefficient (Wildman–Crippen LogP) is 2.27. The Morgan fingerprint density at radius 3 is 2.74 bits per heavy atom. The SMILES string of the molecule is O=C(O)c1cnn2c(C(=O)N3CCC(Cc4ccc(F)cc4)C3)ccnc12. The van der Waals surface area contributed by atoms with Gasteiger partial charge < -0.3 is 10.0 Å². The second-order valence-electron chi connectivity index (χ2n) is 6.67. The highest BCUT2D eigenvalue weighted by Crippen LogP contribution is 2.23. The zero-order valence-corrected chi connectivity index (χ0v) is 14.4. The zero-order valence-electron chi connectivity index (χ0n) is 14.4. The normalized spacial score (nSPS) is 16.8. The van der Waals surface area contributed by atoms with Crippen LogP contribution < -0.4 is 0 Å². The van der Waals surface area contributed by atoms with E-state index in [4.69, 9.17) is 0 Å². The van der Waals surface area contributed by atoms with Gasteiger partial charge in [0.05, 0.1) is 6.20 Å². The summed E-state index contributed by atoms with van der Waals surface area (Å²) in [5.74, 6) is -1.31. The van der Waals surface area contributed by atoms with Crippen LogP contribution in [-0.4, -0.2) is 49.6 Å². The number of nitrogens with zero attached hydrogens (tertiary/aromatic N) is 4. The average molecular weight is 368 g/mol. The molecule has 1 fully saturated rings. The van der Waals surface area contributed by atoms with E-state index in [2.05, 4.69) is 10.1 Å². The van der Waals surface area contributed by atoms with Crippen LogP contribution in [0.2, 0.25) is 0 Å². The third-order valence-electron chi connectivity index (χ3n) is 4.86. The summed E-state index contributed by atoms with van der Waals surface area (Å²) in [6.07, 6.45) is 4.25. The number of aromatic nitrogens is 3. The average Bonchev–Trinajstić information content (AvgIpc) is 3.30. The molecule has 0 aliphatic carbocycles. The maximum atomic E-state index is 13.0. The highest BCUT2D eigenvalue weighted by atomic mass is 19.1. The number of carboxylic acids is 1. The van der Waals surface area contributed by atoms with Gasteiger partial charge in [0.1, 0.15) is 17.1 Å². The number of carbonyl (C=O) groups is 2. The number of carboxylic acid groups (broad SMARTS) is 1. The topological polar surface area (TPSA) is 87.8 Å². The Morgan fingerprint density at radius 1 is 1.22 bits per heavy atom. The van der Waals surface area contributed by atoms with Crippen LogP contribution in [0.1, 0.15) is 32.8 Å². The van der Waals surface area contributed by atoms with Crippen molar-refractivity contribution in [1.82, 2.24) is 19.5 Å². The molecule has 1 atom stereocenters. The fourth-order valence-electron chi connectivity index (χ4n) is 3.50. The van der Waals surface area contributed by atoms with Crippen LogP contribution >= 0.6 is 0 Å². The number of halogens is 1. The van der Waals surface area contributed by atoms with E-state index in [1.807, 2.05) is 0 Å². The maximum Gasteiger partial charge on any atom is 0.341 e. The van der Waals surface area contributed by atoms with Gasteiger partial charge in [-0.2, -0.15) is 5.10 Å². The van der Waals surface area contributed by atoms with Crippen molar-refractivity contribution in [3.05, 3.63) is 65.4 Å². The molecule has 8 heteroatoms. The van der Waals surface area contributed by atoms with E-state index in [1.165, 1.54) is 29.0 Å². The van der Waals surface area contributed by atoms with E-state index >= 15 is 0 Å². The van der Waals surface area contributed by atoms with Crippen molar-refractivity contribution in [2.75, 3.05) is 13.1 Å². The van der Waals surface area contributed by atoms with Gasteiger partial charge in [-0.3, -0.25) is 4.79 Å². The molecule has 0 spiro atoms. The third-order valence-corrected chi connectivity index (χ3v) is 4.86. The Morgan fingerprint density at radius 2 is 2.00 bits per heavy atom. The fourth-order valence-corrected chi connectivity index (χ4v) is 3.50. The first-order valence-electron chi connectivity index (χ1n) is 8.62. The number of fused-ring (bicyclic) bond motifs is 1. The molecule has 0 radical (unpaired) electrons. The van der Waals surface area contributed by atoms with Gasteiger partial charge in [0.15, 0.2) is 5.65 Å². The van der Waals surface area contributed by atoms with Crippen molar-refractivity contribution >= 4 is 17.5 Å². The second-order valence-corrected chi connectivity index (χ2v) is 6.67. The maximum absolute atomic E-state index is 13.0. The van der Waals surface area contributed by atoms with E-state index in [0.29, 0.717) is 19.0 Å². The van der Waals surface area contributed by atoms with Gasteiger partial charge in [0.25, 0.3) is 5.91 Å². The van der Waals surface area contributed by atoms with Crippen molar-refractivity contribution in [3.8, 4) is 0 Å². The van der Waals surface area contributed by atoms with Gasteiger partial charge in [0.2, 0.25) is 0 Å². The van der Waals surface area contributed by atoms with Gasteiger partial charge in [-0.25, -0.2) is 18.7 Å². The molecule has 1 aliphatic heterocycles. The summed E-state index contributed by atoms with van der Waals surface area (Å²) >= 11 is 0. The highest BCUT2D eigenvalue weighted by Gasteiger charge is 2.29. The van der Waals surface area contributed by atoms with Crippen molar-refractivity contribution < 1.29 is 19.1 Å².